The van der Waals surface area contributed by atoms with E-state index >= 15 is 0 Å². The lowest BCUT2D eigenvalue weighted by Gasteiger charge is -2.36. The van der Waals surface area contributed by atoms with Gasteiger partial charge in [-0.25, -0.2) is 0 Å². The summed E-state index contributed by atoms with van der Waals surface area (Å²) >= 11 is 0. The van der Waals surface area contributed by atoms with E-state index in [0.717, 1.165) is 31.7 Å². The molecule has 0 spiro atoms. The Labute approximate surface area is 133 Å². The van der Waals surface area contributed by atoms with E-state index in [4.69, 9.17) is 0 Å². The SMILES string of the molecule is O=c1[nH]cc(CN2CCN(c3ccccc3)CC2)cc1[N+](=O)[O-]. The summed E-state index contributed by atoms with van der Waals surface area (Å²) in [6.07, 6.45) is 1.55. The highest BCUT2D eigenvalue weighted by molar-refractivity contribution is 5.46. The molecule has 1 aromatic carbocycles. The van der Waals surface area contributed by atoms with Crippen LogP contribution in [0.1, 0.15) is 5.56 Å². The molecule has 0 amide bonds. The monoisotopic (exact) mass is 314 g/mol. The molecule has 1 aliphatic heterocycles. The van der Waals surface area contributed by atoms with Crippen molar-refractivity contribution in [2.45, 2.75) is 6.54 Å². The summed E-state index contributed by atoms with van der Waals surface area (Å²) in [5.41, 5.74) is 0.911. The van der Waals surface area contributed by atoms with Gasteiger partial charge in [0.05, 0.1) is 4.92 Å². The number of nitro groups is 1. The molecule has 7 nitrogen and oxygen atoms in total. The van der Waals surface area contributed by atoms with E-state index in [1.165, 1.54) is 11.8 Å². The molecule has 7 heteroatoms. The summed E-state index contributed by atoms with van der Waals surface area (Å²) in [6.45, 7) is 4.18. The Morgan fingerprint density at radius 2 is 1.83 bits per heavy atom. The zero-order valence-corrected chi connectivity index (χ0v) is 12.6. The molecular formula is C16H18N4O3. The van der Waals surface area contributed by atoms with Crippen molar-refractivity contribution < 1.29 is 4.92 Å². The predicted octanol–water partition coefficient (Wildman–Crippen LogP) is 1.61. The van der Waals surface area contributed by atoms with Crippen LogP contribution in [0.4, 0.5) is 11.4 Å². The maximum atomic E-state index is 11.4. The number of hydrogen-bond acceptors (Lipinski definition) is 5. The van der Waals surface area contributed by atoms with Crippen LogP contribution in [0.15, 0.2) is 47.4 Å². The third-order valence-electron chi connectivity index (χ3n) is 4.04. The molecule has 120 valence electrons. The largest absolute Gasteiger partial charge is 0.369 e. The van der Waals surface area contributed by atoms with E-state index in [9.17, 15) is 14.9 Å². The van der Waals surface area contributed by atoms with Crippen LogP contribution in [0.3, 0.4) is 0 Å². The topological polar surface area (TPSA) is 82.5 Å². The molecule has 2 aromatic rings. The second-order valence-electron chi connectivity index (χ2n) is 5.58. The van der Waals surface area contributed by atoms with Crippen molar-refractivity contribution in [1.82, 2.24) is 9.88 Å². The van der Waals surface area contributed by atoms with Gasteiger partial charge in [0.2, 0.25) is 0 Å². The van der Waals surface area contributed by atoms with Gasteiger partial charge in [0.15, 0.2) is 0 Å². The van der Waals surface area contributed by atoms with Crippen molar-refractivity contribution in [2.75, 3.05) is 31.1 Å². The van der Waals surface area contributed by atoms with Crippen molar-refractivity contribution in [3.63, 3.8) is 0 Å². The fourth-order valence-corrected chi connectivity index (χ4v) is 2.80. The van der Waals surface area contributed by atoms with Crippen molar-refractivity contribution in [1.29, 1.82) is 0 Å². The number of H-pyrrole nitrogens is 1. The van der Waals surface area contributed by atoms with Crippen LogP contribution in [0.25, 0.3) is 0 Å². The van der Waals surface area contributed by atoms with Crippen LogP contribution in [0.5, 0.6) is 0 Å². The molecule has 0 aliphatic carbocycles. The normalized spacial score (nSPS) is 15.6. The fraction of sp³-hybridized carbons (Fsp3) is 0.312. The van der Waals surface area contributed by atoms with E-state index < -0.39 is 16.2 Å². The highest BCUT2D eigenvalue weighted by Gasteiger charge is 2.19. The second-order valence-corrected chi connectivity index (χ2v) is 5.58. The van der Waals surface area contributed by atoms with Crippen molar-refractivity contribution >= 4 is 11.4 Å². The Hall–Kier alpha value is -2.67. The van der Waals surface area contributed by atoms with E-state index in [2.05, 4.69) is 26.9 Å². The van der Waals surface area contributed by atoms with Crippen molar-refractivity contribution in [3.8, 4) is 0 Å². The minimum absolute atomic E-state index is 0.398. The van der Waals surface area contributed by atoms with Crippen LogP contribution < -0.4 is 10.5 Å². The summed E-state index contributed by atoms with van der Waals surface area (Å²) < 4.78 is 0. The first-order valence-electron chi connectivity index (χ1n) is 7.52. The van der Waals surface area contributed by atoms with Gasteiger partial charge in [0, 0.05) is 50.7 Å². The first kappa shape index (κ1) is 15.2. The number of pyridine rings is 1. The van der Waals surface area contributed by atoms with E-state index in [-0.39, 0.29) is 0 Å². The van der Waals surface area contributed by atoms with Gasteiger partial charge < -0.3 is 9.88 Å². The third kappa shape index (κ3) is 3.57. The molecule has 0 unspecified atom stereocenters. The quantitative estimate of drug-likeness (QED) is 0.685. The lowest BCUT2D eigenvalue weighted by Crippen LogP contribution is -2.46. The van der Waals surface area contributed by atoms with E-state index in [1.54, 1.807) is 6.20 Å². The van der Waals surface area contributed by atoms with Crippen LogP contribution in [-0.4, -0.2) is 41.0 Å². The number of anilines is 1. The van der Waals surface area contributed by atoms with Gasteiger partial charge >= 0.3 is 11.2 Å². The molecule has 0 radical (unpaired) electrons. The molecule has 1 aromatic heterocycles. The van der Waals surface area contributed by atoms with Gasteiger partial charge in [0.1, 0.15) is 0 Å². The maximum absolute atomic E-state index is 11.4. The summed E-state index contributed by atoms with van der Waals surface area (Å²) in [6, 6.07) is 11.6. The van der Waals surface area contributed by atoms with Crippen LogP contribution in [0.2, 0.25) is 0 Å². The third-order valence-corrected chi connectivity index (χ3v) is 4.04. The molecule has 1 saturated heterocycles. The predicted molar refractivity (Wildman–Crippen MR) is 87.6 cm³/mol. The minimum atomic E-state index is -0.660. The zero-order valence-electron chi connectivity index (χ0n) is 12.6. The highest BCUT2D eigenvalue weighted by atomic mass is 16.6. The number of aromatic amines is 1. The molecule has 1 N–H and O–H groups in total. The number of nitrogens with one attached hydrogen (secondary N) is 1. The molecule has 0 atom stereocenters. The number of hydrogen-bond donors (Lipinski definition) is 1. The molecule has 3 rings (SSSR count). The Morgan fingerprint density at radius 1 is 1.13 bits per heavy atom. The molecule has 0 saturated carbocycles. The number of piperazine rings is 1. The van der Waals surface area contributed by atoms with Crippen LogP contribution in [-0.2, 0) is 6.54 Å². The summed E-state index contributed by atoms with van der Waals surface area (Å²) in [5, 5.41) is 10.8. The van der Waals surface area contributed by atoms with Gasteiger partial charge in [-0.1, -0.05) is 18.2 Å². The van der Waals surface area contributed by atoms with Crippen LogP contribution in [0, 0.1) is 10.1 Å². The lowest BCUT2D eigenvalue weighted by molar-refractivity contribution is -0.386. The van der Waals surface area contributed by atoms with Gasteiger partial charge in [-0.2, -0.15) is 0 Å². The molecule has 1 aliphatic rings. The highest BCUT2D eigenvalue weighted by Crippen LogP contribution is 2.17. The standard InChI is InChI=1S/C16H18N4O3/c21-16-15(20(22)23)10-13(11-17-16)12-18-6-8-19(9-7-18)14-4-2-1-3-5-14/h1-5,10-11H,6-9,12H2,(H,17,21). The van der Waals surface area contributed by atoms with Gasteiger partial charge in [-0.15, -0.1) is 0 Å². The number of benzene rings is 1. The molecular weight excluding hydrogens is 296 g/mol. The summed E-state index contributed by atoms with van der Waals surface area (Å²) in [7, 11) is 0. The van der Waals surface area contributed by atoms with Crippen molar-refractivity contribution in [2.24, 2.45) is 0 Å². The molecule has 23 heavy (non-hydrogen) atoms. The van der Waals surface area contributed by atoms with Gasteiger partial charge in [-0.05, 0) is 17.7 Å². The smallest absolute Gasteiger partial charge is 0.334 e. The Morgan fingerprint density at radius 3 is 2.48 bits per heavy atom. The second kappa shape index (κ2) is 6.62. The number of para-hydroxylation sites is 1. The average molecular weight is 314 g/mol. The number of rotatable bonds is 4. The first-order chi connectivity index (χ1) is 11.1. The Kier molecular flexibility index (Phi) is 4.38. The van der Waals surface area contributed by atoms with Gasteiger partial charge in [0.25, 0.3) is 0 Å². The van der Waals surface area contributed by atoms with E-state index in [1.807, 2.05) is 18.2 Å². The number of nitrogens with zero attached hydrogens (tertiary/aromatic N) is 3. The lowest BCUT2D eigenvalue weighted by atomic mass is 10.2. The molecule has 0 bridgehead atoms. The zero-order chi connectivity index (χ0) is 16.2. The average Bonchev–Trinajstić information content (AvgIpc) is 2.58. The Balaban J connectivity index is 1.62. The molecule has 1 fully saturated rings. The van der Waals surface area contributed by atoms with Crippen LogP contribution >= 0.6 is 0 Å². The van der Waals surface area contributed by atoms with E-state index in [0.29, 0.717) is 6.54 Å². The fourth-order valence-electron chi connectivity index (χ4n) is 2.80. The van der Waals surface area contributed by atoms with Gasteiger partial charge in [-0.3, -0.25) is 19.8 Å². The summed E-state index contributed by atoms with van der Waals surface area (Å²) in [5.74, 6) is 0. The Bertz CT molecular complexity index is 736. The first-order valence-corrected chi connectivity index (χ1v) is 7.52. The minimum Gasteiger partial charge on any atom is -0.369 e. The maximum Gasteiger partial charge on any atom is 0.334 e. The van der Waals surface area contributed by atoms with Crippen molar-refractivity contribution in [3.05, 3.63) is 68.6 Å². The molecule has 2 heterocycles. The summed E-state index contributed by atoms with van der Waals surface area (Å²) in [4.78, 5) is 28.6. The number of aromatic nitrogens is 1.